The number of halogens is 1. The van der Waals surface area contributed by atoms with Crippen LogP contribution in [-0.2, 0) is 11.4 Å². The van der Waals surface area contributed by atoms with Gasteiger partial charge in [-0.3, -0.25) is 9.78 Å². The van der Waals surface area contributed by atoms with Crippen LogP contribution in [0.1, 0.15) is 19.0 Å². The first-order valence-corrected chi connectivity index (χ1v) is 9.03. The first kappa shape index (κ1) is 19.6. The van der Waals surface area contributed by atoms with Gasteiger partial charge in [-0.2, -0.15) is 0 Å². The van der Waals surface area contributed by atoms with Crippen LogP contribution in [0.25, 0.3) is 0 Å². The van der Waals surface area contributed by atoms with Gasteiger partial charge in [0.25, 0.3) is 0 Å². The summed E-state index contributed by atoms with van der Waals surface area (Å²) in [5, 5.41) is 11.8. The van der Waals surface area contributed by atoms with E-state index in [-0.39, 0.29) is 30.5 Å². The molecule has 2 aromatic rings. The van der Waals surface area contributed by atoms with Crippen molar-refractivity contribution in [1.82, 2.24) is 9.88 Å². The number of likely N-dealkylation sites (tertiary alicyclic amines) is 1. The zero-order chi connectivity index (χ0) is 20.1. The lowest BCUT2D eigenvalue weighted by Gasteiger charge is -2.34. The summed E-state index contributed by atoms with van der Waals surface area (Å²) in [6, 6.07) is 9.08. The summed E-state index contributed by atoms with van der Waals surface area (Å²) < 4.78 is 19.7. The predicted molar refractivity (Wildman–Crippen MR) is 100 cm³/mol. The van der Waals surface area contributed by atoms with E-state index in [0.29, 0.717) is 18.7 Å². The highest BCUT2D eigenvalue weighted by Crippen LogP contribution is 2.25. The predicted octanol–water partition coefficient (Wildman–Crippen LogP) is 3.37. The Balaban J connectivity index is 1.60. The number of carbonyl (C=O) groups excluding carboxylic acids is 1. The molecular formula is C20H22FN3O4. The van der Waals surface area contributed by atoms with Crippen molar-refractivity contribution in [2.24, 2.45) is 11.8 Å². The average Bonchev–Trinajstić information content (AvgIpc) is 2.67. The Labute approximate surface area is 162 Å². The number of aromatic nitrogens is 1. The highest BCUT2D eigenvalue weighted by Gasteiger charge is 2.31. The molecule has 1 saturated heterocycles. The summed E-state index contributed by atoms with van der Waals surface area (Å²) in [6.07, 6.45) is 2.17. The number of carboxylic acid groups (broad SMARTS) is 1. The third kappa shape index (κ3) is 4.97. The second-order valence-electron chi connectivity index (χ2n) is 6.97. The van der Waals surface area contributed by atoms with Crippen LogP contribution in [0.5, 0.6) is 5.75 Å². The first-order chi connectivity index (χ1) is 13.4. The van der Waals surface area contributed by atoms with Crippen molar-refractivity contribution in [1.29, 1.82) is 0 Å². The molecule has 148 valence electrons. The molecule has 7 nitrogen and oxygen atoms in total. The number of anilines is 1. The van der Waals surface area contributed by atoms with Crippen LogP contribution in [0, 0.1) is 17.7 Å². The number of carbonyl (C=O) groups is 2. The molecule has 1 aromatic carbocycles. The average molecular weight is 387 g/mol. The molecule has 3 rings (SSSR count). The molecule has 1 fully saturated rings. The number of ether oxygens (including phenoxy) is 1. The van der Waals surface area contributed by atoms with Gasteiger partial charge in [0.1, 0.15) is 6.61 Å². The highest BCUT2D eigenvalue weighted by atomic mass is 19.1. The van der Waals surface area contributed by atoms with Crippen LogP contribution in [0.4, 0.5) is 14.9 Å². The number of benzene rings is 1. The van der Waals surface area contributed by atoms with Crippen LogP contribution >= 0.6 is 0 Å². The van der Waals surface area contributed by atoms with E-state index in [2.05, 4.69) is 10.3 Å². The van der Waals surface area contributed by atoms with E-state index in [1.807, 2.05) is 13.0 Å². The maximum absolute atomic E-state index is 14.3. The van der Waals surface area contributed by atoms with Gasteiger partial charge in [0.05, 0.1) is 11.6 Å². The lowest BCUT2D eigenvalue weighted by molar-refractivity contribution is -0.143. The zero-order valence-electron chi connectivity index (χ0n) is 15.5. The Morgan fingerprint density at radius 3 is 2.82 bits per heavy atom. The number of urea groups is 1. The van der Waals surface area contributed by atoms with Gasteiger partial charge in [-0.25, -0.2) is 9.18 Å². The number of piperidine rings is 1. The minimum Gasteiger partial charge on any atom is -0.484 e. The number of carboxylic acids is 1. The van der Waals surface area contributed by atoms with Crippen LogP contribution in [0.15, 0.2) is 42.6 Å². The normalized spacial score (nSPS) is 19.1. The zero-order valence-corrected chi connectivity index (χ0v) is 15.5. The Bertz CT molecular complexity index is 847. The first-order valence-electron chi connectivity index (χ1n) is 9.03. The van der Waals surface area contributed by atoms with E-state index in [9.17, 15) is 19.1 Å². The second-order valence-corrected chi connectivity index (χ2v) is 6.97. The molecule has 0 radical (unpaired) electrons. The Kier molecular flexibility index (Phi) is 6.08. The van der Waals surface area contributed by atoms with Crippen LogP contribution in [-0.4, -0.2) is 40.1 Å². The molecule has 2 unspecified atom stereocenters. The van der Waals surface area contributed by atoms with E-state index in [1.54, 1.807) is 18.3 Å². The summed E-state index contributed by atoms with van der Waals surface area (Å²) >= 11 is 0. The van der Waals surface area contributed by atoms with Crippen molar-refractivity contribution >= 4 is 17.7 Å². The molecule has 1 aliphatic heterocycles. The third-order valence-electron chi connectivity index (χ3n) is 4.58. The minimum absolute atomic E-state index is 0.0567. The maximum atomic E-state index is 14.3. The lowest BCUT2D eigenvalue weighted by Crippen LogP contribution is -2.47. The van der Waals surface area contributed by atoms with Crippen molar-refractivity contribution < 1.29 is 23.8 Å². The molecule has 0 aliphatic carbocycles. The number of hydrogen-bond donors (Lipinski definition) is 2. The Morgan fingerprint density at radius 1 is 1.32 bits per heavy atom. The van der Waals surface area contributed by atoms with Gasteiger partial charge >= 0.3 is 12.0 Å². The summed E-state index contributed by atoms with van der Waals surface area (Å²) in [4.78, 5) is 29.3. The lowest BCUT2D eigenvalue weighted by atomic mass is 9.91. The van der Waals surface area contributed by atoms with E-state index < -0.39 is 23.7 Å². The van der Waals surface area contributed by atoms with E-state index >= 15 is 0 Å². The van der Waals surface area contributed by atoms with Gasteiger partial charge < -0.3 is 20.1 Å². The molecule has 1 aliphatic rings. The fraction of sp³-hybridized carbons (Fsp3) is 0.350. The van der Waals surface area contributed by atoms with Crippen LogP contribution in [0.2, 0.25) is 0 Å². The quantitative estimate of drug-likeness (QED) is 0.821. The summed E-state index contributed by atoms with van der Waals surface area (Å²) in [5.74, 6) is -1.97. The SMILES string of the molecule is CC1CC(C(=O)O)CN(C(=O)Nc2ccc(OCc3ccccn3)c(F)c2)C1. The van der Waals surface area contributed by atoms with Gasteiger partial charge in [-0.05, 0) is 36.6 Å². The molecule has 0 saturated carbocycles. The van der Waals surface area contributed by atoms with Crippen LogP contribution < -0.4 is 10.1 Å². The van der Waals surface area contributed by atoms with Crippen LogP contribution in [0.3, 0.4) is 0 Å². The maximum Gasteiger partial charge on any atom is 0.321 e. The van der Waals surface area contributed by atoms with Crippen molar-refractivity contribution in [2.75, 3.05) is 18.4 Å². The number of rotatable bonds is 5. The molecule has 1 aromatic heterocycles. The standard InChI is InChI=1S/C20H22FN3O4/c1-13-8-14(19(25)26)11-24(10-13)20(27)23-15-5-6-18(17(21)9-15)28-12-16-4-2-3-7-22-16/h2-7,9,13-14H,8,10-12H2,1H3,(H,23,27)(H,25,26). The highest BCUT2D eigenvalue weighted by molar-refractivity contribution is 5.89. The number of pyridine rings is 1. The molecule has 2 N–H and O–H groups in total. The van der Waals surface area contributed by atoms with E-state index in [1.165, 1.54) is 23.1 Å². The van der Waals surface area contributed by atoms with Crippen molar-refractivity contribution in [2.45, 2.75) is 20.0 Å². The topological polar surface area (TPSA) is 91.8 Å². The number of amides is 2. The van der Waals surface area contributed by atoms with Gasteiger partial charge in [-0.1, -0.05) is 13.0 Å². The van der Waals surface area contributed by atoms with Crippen molar-refractivity contribution in [3.05, 3.63) is 54.1 Å². The molecule has 2 amide bonds. The number of nitrogens with one attached hydrogen (secondary N) is 1. The Hall–Kier alpha value is -3.16. The molecule has 8 heteroatoms. The number of hydrogen-bond acceptors (Lipinski definition) is 4. The molecule has 28 heavy (non-hydrogen) atoms. The minimum atomic E-state index is -0.912. The largest absolute Gasteiger partial charge is 0.484 e. The second kappa shape index (κ2) is 8.69. The smallest absolute Gasteiger partial charge is 0.321 e. The van der Waals surface area contributed by atoms with Gasteiger partial charge in [0.2, 0.25) is 0 Å². The molecular weight excluding hydrogens is 365 g/mol. The third-order valence-corrected chi connectivity index (χ3v) is 4.58. The fourth-order valence-corrected chi connectivity index (χ4v) is 3.23. The number of nitrogens with zero attached hydrogens (tertiary/aromatic N) is 2. The molecule has 0 bridgehead atoms. The summed E-state index contributed by atoms with van der Waals surface area (Å²) in [6.45, 7) is 2.64. The molecule has 2 atom stereocenters. The van der Waals surface area contributed by atoms with Gasteiger partial charge in [0, 0.05) is 31.0 Å². The van der Waals surface area contributed by atoms with E-state index in [0.717, 1.165) is 0 Å². The fourth-order valence-electron chi connectivity index (χ4n) is 3.23. The Morgan fingerprint density at radius 2 is 2.14 bits per heavy atom. The summed E-state index contributed by atoms with van der Waals surface area (Å²) in [5.41, 5.74) is 0.948. The van der Waals surface area contributed by atoms with Gasteiger partial charge in [0.15, 0.2) is 11.6 Å². The van der Waals surface area contributed by atoms with E-state index in [4.69, 9.17) is 4.74 Å². The summed E-state index contributed by atoms with van der Waals surface area (Å²) in [7, 11) is 0. The van der Waals surface area contributed by atoms with Crippen molar-refractivity contribution in [3.63, 3.8) is 0 Å². The molecule has 0 spiro atoms. The number of aliphatic carboxylic acids is 1. The van der Waals surface area contributed by atoms with Crippen molar-refractivity contribution in [3.8, 4) is 5.75 Å². The monoisotopic (exact) mass is 387 g/mol. The molecule has 2 heterocycles. The van der Waals surface area contributed by atoms with Gasteiger partial charge in [-0.15, -0.1) is 0 Å².